The number of benzene rings is 2. The smallest absolute Gasteiger partial charge is 0.340 e. The van der Waals surface area contributed by atoms with Gasteiger partial charge in [0.1, 0.15) is 24.3 Å². The van der Waals surface area contributed by atoms with Gasteiger partial charge < -0.3 is 18.5 Å². The summed E-state index contributed by atoms with van der Waals surface area (Å²) in [5, 5.41) is 0.883. The van der Waals surface area contributed by atoms with Crippen LogP contribution >= 0.6 is 0 Å². The van der Waals surface area contributed by atoms with Crippen molar-refractivity contribution >= 4 is 16.9 Å². The Balaban J connectivity index is 1.48. The molecule has 0 saturated carbocycles. The molecule has 0 fully saturated rings. The van der Waals surface area contributed by atoms with E-state index >= 15 is 0 Å². The Hall–Kier alpha value is -3.54. The number of nitrogens with zero attached hydrogens (tertiary/aromatic N) is 2. The van der Waals surface area contributed by atoms with Crippen LogP contribution in [0.2, 0.25) is 0 Å². The lowest BCUT2D eigenvalue weighted by molar-refractivity contribution is 0.0470. The second-order valence-electron chi connectivity index (χ2n) is 6.29. The Labute approximate surface area is 162 Å². The molecule has 0 bridgehead atoms. The van der Waals surface area contributed by atoms with E-state index in [9.17, 15) is 4.79 Å². The summed E-state index contributed by atoms with van der Waals surface area (Å²) < 4.78 is 18.2. The number of para-hydroxylation sites is 1. The predicted molar refractivity (Wildman–Crippen MR) is 105 cm³/mol. The largest absolute Gasteiger partial charge is 0.497 e. The molecule has 4 aromatic rings. The van der Waals surface area contributed by atoms with Crippen LogP contribution in [0.25, 0.3) is 22.4 Å². The topological polar surface area (TPSA) is 66.5 Å². The van der Waals surface area contributed by atoms with Crippen LogP contribution in [-0.4, -0.2) is 22.6 Å². The van der Waals surface area contributed by atoms with Gasteiger partial charge in [0.05, 0.1) is 12.7 Å². The molecule has 0 amide bonds. The van der Waals surface area contributed by atoms with Crippen molar-refractivity contribution in [3.63, 3.8) is 0 Å². The molecule has 0 saturated heterocycles. The molecular weight excluding hydrogens is 356 g/mol. The summed E-state index contributed by atoms with van der Waals surface area (Å²) >= 11 is 0. The van der Waals surface area contributed by atoms with E-state index < -0.39 is 0 Å². The number of hydrogen-bond donors (Lipinski definition) is 0. The number of aromatic nitrogens is 2. The van der Waals surface area contributed by atoms with Crippen molar-refractivity contribution in [2.75, 3.05) is 7.11 Å². The number of rotatable bonds is 6. The first-order chi connectivity index (χ1) is 13.7. The highest BCUT2D eigenvalue weighted by atomic mass is 16.5. The molecule has 0 radical (unpaired) electrons. The summed E-state index contributed by atoms with van der Waals surface area (Å²) in [5.41, 5.74) is 2.94. The molecule has 0 aliphatic rings. The monoisotopic (exact) mass is 376 g/mol. The molecule has 4 rings (SSSR count). The molecule has 28 heavy (non-hydrogen) atoms. The first-order valence-corrected chi connectivity index (χ1v) is 9.03. The molecule has 2 heterocycles. The fraction of sp³-hybridized carbons (Fsp3) is 0.182. The molecule has 0 atom stereocenters. The van der Waals surface area contributed by atoms with Crippen LogP contribution in [0.15, 0.2) is 65.4 Å². The van der Waals surface area contributed by atoms with Gasteiger partial charge in [-0.3, -0.25) is 0 Å². The third kappa shape index (κ3) is 3.36. The Morgan fingerprint density at radius 3 is 2.68 bits per heavy atom. The summed E-state index contributed by atoms with van der Waals surface area (Å²) in [6.07, 6.45) is 3.33. The van der Waals surface area contributed by atoms with Gasteiger partial charge in [0.2, 0.25) is 5.89 Å². The van der Waals surface area contributed by atoms with Gasteiger partial charge in [-0.25, -0.2) is 9.78 Å². The summed E-state index contributed by atoms with van der Waals surface area (Å²) in [7, 11) is 1.62. The SMILES string of the molecule is CCn1cc(C(=O)OCc2coc(-c3ccc(OC)cc3)n2)c2ccccc21. The van der Waals surface area contributed by atoms with Crippen LogP contribution in [0, 0.1) is 0 Å². The highest BCUT2D eigenvalue weighted by Gasteiger charge is 2.16. The summed E-state index contributed by atoms with van der Waals surface area (Å²) in [4.78, 5) is 17.0. The van der Waals surface area contributed by atoms with E-state index in [2.05, 4.69) is 4.98 Å². The Bertz CT molecular complexity index is 1110. The first kappa shape index (κ1) is 17.9. The molecular formula is C22H20N2O4. The maximum Gasteiger partial charge on any atom is 0.340 e. The van der Waals surface area contributed by atoms with Gasteiger partial charge in [0.15, 0.2) is 0 Å². The van der Waals surface area contributed by atoms with Gasteiger partial charge in [0.25, 0.3) is 0 Å². The average Bonchev–Trinajstić information content (AvgIpc) is 3.37. The molecule has 0 N–H and O–H groups in total. The Morgan fingerprint density at radius 1 is 1.14 bits per heavy atom. The van der Waals surface area contributed by atoms with Crippen molar-refractivity contribution in [1.82, 2.24) is 9.55 Å². The van der Waals surface area contributed by atoms with Crippen molar-refractivity contribution in [3.8, 4) is 17.2 Å². The zero-order chi connectivity index (χ0) is 19.5. The molecule has 0 aliphatic carbocycles. The van der Waals surface area contributed by atoms with Crippen molar-refractivity contribution in [3.05, 3.63) is 72.2 Å². The van der Waals surface area contributed by atoms with E-state index in [0.717, 1.165) is 28.8 Å². The third-order valence-corrected chi connectivity index (χ3v) is 4.59. The maximum absolute atomic E-state index is 12.6. The van der Waals surface area contributed by atoms with Crippen LogP contribution in [0.1, 0.15) is 23.0 Å². The molecule has 0 spiro atoms. The zero-order valence-corrected chi connectivity index (χ0v) is 15.7. The number of ether oxygens (including phenoxy) is 2. The van der Waals surface area contributed by atoms with Crippen molar-refractivity contribution in [2.24, 2.45) is 0 Å². The van der Waals surface area contributed by atoms with Crippen molar-refractivity contribution in [1.29, 1.82) is 0 Å². The maximum atomic E-state index is 12.6. The number of hydrogen-bond acceptors (Lipinski definition) is 5. The van der Waals surface area contributed by atoms with E-state index in [1.807, 2.05) is 66.2 Å². The number of carbonyl (C=O) groups is 1. The van der Waals surface area contributed by atoms with Gasteiger partial charge in [-0.1, -0.05) is 18.2 Å². The van der Waals surface area contributed by atoms with Gasteiger partial charge in [-0.15, -0.1) is 0 Å². The van der Waals surface area contributed by atoms with Crippen LogP contribution in [-0.2, 0) is 17.9 Å². The predicted octanol–water partition coefficient (Wildman–Crippen LogP) is 4.68. The second-order valence-corrected chi connectivity index (χ2v) is 6.29. The second kappa shape index (κ2) is 7.60. The molecule has 0 aliphatic heterocycles. The average molecular weight is 376 g/mol. The van der Waals surface area contributed by atoms with Crippen LogP contribution in [0.3, 0.4) is 0 Å². The molecule has 6 nitrogen and oxygen atoms in total. The number of methoxy groups -OCH3 is 1. The minimum atomic E-state index is -0.377. The lowest BCUT2D eigenvalue weighted by atomic mass is 10.2. The lowest BCUT2D eigenvalue weighted by Gasteiger charge is -2.01. The fourth-order valence-corrected chi connectivity index (χ4v) is 3.13. The standard InChI is InChI=1S/C22H20N2O4/c1-3-24-12-19(18-6-4-5-7-20(18)24)22(25)28-14-16-13-27-21(23-16)15-8-10-17(26-2)11-9-15/h4-13H,3,14H2,1-2H3. The van der Waals surface area contributed by atoms with E-state index in [1.54, 1.807) is 7.11 Å². The minimum absolute atomic E-state index is 0.0458. The minimum Gasteiger partial charge on any atom is -0.497 e. The summed E-state index contributed by atoms with van der Waals surface area (Å²) in [6.45, 7) is 2.87. The highest BCUT2D eigenvalue weighted by Crippen LogP contribution is 2.24. The van der Waals surface area contributed by atoms with Crippen LogP contribution < -0.4 is 4.74 Å². The quantitative estimate of drug-likeness (QED) is 0.457. The first-order valence-electron chi connectivity index (χ1n) is 9.03. The Morgan fingerprint density at radius 2 is 1.93 bits per heavy atom. The van der Waals surface area contributed by atoms with E-state index in [0.29, 0.717) is 17.1 Å². The molecule has 142 valence electrons. The number of oxazole rings is 1. The van der Waals surface area contributed by atoms with Crippen molar-refractivity contribution in [2.45, 2.75) is 20.1 Å². The number of esters is 1. The van der Waals surface area contributed by atoms with Gasteiger partial charge in [-0.05, 0) is 37.3 Å². The van der Waals surface area contributed by atoms with Crippen LogP contribution in [0.4, 0.5) is 0 Å². The number of fused-ring (bicyclic) bond motifs is 1. The summed E-state index contributed by atoms with van der Waals surface area (Å²) in [5.74, 6) is 0.851. The highest BCUT2D eigenvalue weighted by molar-refractivity contribution is 6.04. The van der Waals surface area contributed by atoms with E-state index in [-0.39, 0.29) is 12.6 Å². The Kier molecular flexibility index (Phi) is 4.85. The molecule has 2 aromatic carbocycles. The van der Waals surface area contributed by atoms with Crippen LogP contribution in [0.5, 0.6) is 5.75 Å². The van der Waals surface area contributed by atoms with Gasteiger partial charge in [-0.2, -0.15) is 0 Å². The van der Waals surface area contributed by atoms with Gasteiger partial charge in [0, 0.05) is 29.2 Å². The van der Waals surface area contributed by atoms with Gasteiger partial charge >= 0.3 is 5.97 Å². The molecule has 6 heteroatoms. The molecule has 0 unspecified atom stereocenters. The molecule has 2 aromatic heterocycles. The van der Waals surface area contributed by atoms with E-state index in [1.165, 1.54) is 6.26 Å². The third-order valence-electron chi connectivity index (χ3n) is 4.59. The zero-order valence-electron chi connectivity index (χ0n) is 15.7. The van der Waals surface area contributed by atoms with E-state index in [4.69, 9.17) is 13.9 Å². The van der Waals surface area contributed by atoms with Crippen molar-refractivity contribution < 1.29 is 18.7 Å². The lowest BCUT2D eigenvalue weighted by Crippen LogP contribution is -2.05. The normalized spacial score (nSPS) is 10.9. The summed E-state index contributed by atoms with van der Waals surface area (Å²) in [6, 6.07) is 15.2. The number of carbonyl (C=O) groups excluding carboxylic acids is 1. The number of aryl methyl sites for hydroxylation is 1. The fourth-order valence-electron chi connectivity index (χ4n) is 3.13.